The summed E-state index contributed by atoms with van der Waals surface area (Å²) >= 11 is 11.8. The molecule has 0 radical (unpaired) electrons. The number of amides is 1. The number of carbonyl (C=O) groups is 1. The van der Waals surface area contributed by atoms with E-state index in [1.807, 2.05) is 37.3 Å². The Kier molecular flexibility index (Phi) is 5.48. The molecule has 3 nitrogen and oxygen atoms in total. The molecule has 21 heavy (non-hydrogen) atoms. The van der Waals surface area contributed by atoms with Gasteiger partial charge in [-0.1, -0.05) is 53.5 Å². The van der Waals surface area contributed by atoms with E-state index in [0.717, 1.165) is 11.3 Å². The van der Waals surface area contributed by atoms with Crippen molar-refractivity contribution in [3.8, 4) is 0 Å². The molecule has 0 aliphatic heterocycles. The molecule has 0 heterocycles. The molecule has 1 unspecified atom stereocenters. The molecule has 5 heteroatoms. The van der Waals surface area contributed by atoms with Gasteiger partial charge in [0.2, 0.25) is 5.91 Å². The normalized spacial score (nSPS) is 11.8. The maximum absolute atomic E-state index is 11.9. The summed E-state index contributed by atoms with van der Waals surface area (Å²) in [7, 11) is 0. The summed E-state index contributed by atoms with van der Waals surface area (Å²) < 4.78 is 0. The average molecular weight is 323 g/mol. The van der Waals surface area contributed by atoms with E-state index in [2.05, 4.69) is 10.6 Å². The van der Waals surface area contributed by atoms with Crippen LogP contribution in [-0.2, 0) is 4.79 Å². The van der Waals surface area contributed by atoms with Crippen LogP contribution in [0.25, 0.3) is 0 Å². The molecule has 110 valence electrons. The van der Waals surface area contributed by atoms with E-state index in [-0.39, 0.29) is 18.5 Å². The quantitative estimate of drug-likeness (QED) is 0.862. The summed E-state index contributed by atoms with van der Waals surface area (Å²) in [5, 5.41) is 6.89. The first-order chi connectivity index (χ1) is 10.1. The van der Waals surface area contributed by atoms with Gasteiger partial charge in [-0.3, -0.25) is 4.79 Å². The van der Waals surface area contributed by atoms with Crippen LogP contribution in [-0.4, -0.2) is 12.5 Å². The molecular weight excluding hydrogens is 307 g/mol. The average Bonchev–Trinajstić information content (AvgIpc) is 2.49. The number of halogens is 2. The van der Waals surface area contributed by atoms with Crippen molar-refractivity contribution in [1.29, 1.82) is 0 Å². The molecule has 2 N–H and O–H groups in total. The van der Waals surface area contributed by atoms with E-state index in [1.54, 1.807) is 18.2 Å². The van der Waals surface area contributed by atoms with Gasteiger partial charge >= 0.3 is 0 Å². The first-order valence-electron chi connectivity index (χ1n) is 6.59. The second kappa shape index (κ2) is 7.34. The molecule has 0 saturated carbocycles. The molecule has 2 aromatic carbocycles. The lowest BCUT2D eigenvalue weighted by Crippen LogP contribution is -2.32. The van der Waals surface area contributed by atoms with Gasteiger partial charge in [0.05, 0.1) is 22.6 Å². The highest BCUT2D eigenvalue weighted by atomic mass is 35.5. The highest BCUT2D eigenvalue weighted by molar-refractivity contribution is 6.42. The predicted octanol–water partition coefficient (Wildman–Crippen LogP) is 4.28. The molecule has 0 aliphatic carbocycles. The number of rotatable bonds is 5. The monoisotopic (exact) mass is 322 g/mol. The highest BCUT2D eigenvalue weighted by Crippen LogP contribution is 2.24. The van der Waals surface area contributed by atoms with Crippen LogP contribution < -0.4 is 10.6 Å². The second-order valence-electron chi connectivity index (χ2n) is 4.68. The summed E-state index contributed by atoms with van der Waals surface area (Å²) in [6, 6.07) is 14.9. The Balaban J connectivity index is 1.86. The van der Waals surface area contributed by atoms with Crippen molar-refractivity contribution in [2.24, 2.45) is 0 Å². The number of nitrogens with one attached hydrogen (secondary N) is 2. The molecule has 2 rings (SSSR count). The molecule has 0 spiro atoms. The van der Waals surface area contributed by atoms with E-state index in [9.17, 15) is 4.79 Å². The summed E-state index contributed by atoms with van der Waals surface area (Å²) in [6.45, 7) is 2.13. The van der Waals surface area contributed by atoms with Crippen LogP contribution in [0.3, 0.4) is 0 Å². The molecule has 0 saturated heterocycles. The lowest BCUT2D eigenvalue weighted by Gasteiger charge is -2.15. The van der Waals surface area contributed by atoms with Crippen LogP contribution in [0.4, 0.5) is 5.69 Å². The van der Waals surface area contributed by atoms with E-state index < -0.39 is 0 Å². The van der Waals surface area contributed by atoms with Gasteiger partial charge in [0.15, 0.2) is 0 Å². The summed E-state index contributed by atoms with van der Waals surface area (Å²) in [6.07, 6.45) is 0. The van der Waals surface area contributed by atoms with Crippen LogP contribution in [0.1, 0.15) is 18.5 Å². The van der Waals surface area contributed by atoms with Gasteiger partial charge in [-0.2, -0.15) is 0 Å². The topological polar surface area (TPSA) is 41.1 Å². The van der Waals surface area contributed by atoms with Crippen molar-refractivity contribution in [2.75, 3.05) is 11.9 Å². The first kappa shape index (κ1) is 15.7. The fourth-order valence-electron chi connectivity index (χ4n) is 1.91. The van der Waals surface area contributed by atoms with E-state index >= 15 is 0 Å². The Hall–Kier alpha value is -1.71. The zero-order valence-electron chi connectivity index (χ0n) is 11.6. The van der Waals surface area contributed by atoms with Gasteiger partial charge in [-0.15, -0.1) is 0 Å². The number of hydrogen-bond acceptors (Lipinski definition) is 2. The number of hydrogen-bond donors (Lipinski definition) is 2. The van der Waals surface area contributed by atoms with Crippen LogP contribution >= 0.6 is 23.2 Å². The Bertz CT molecular complexity index is 617. The molecule has 0 aliphatic rings. The fourth-order valence-corrected chi connectivity index (χ4v) is 2.20. The molecule has 1 atom stereocenters. The van der Waals surface area contributed by atoms with E-state index in [0.29, 0.717) is 10.0 Å². The Morgan fingerprint density at radius 2 is 1.81 bits per heavy atom. The van der Waals surface area contributed by atoms with Gasteiger partial charge < -0.3 is 10.6 Å². The van der Waals surface area contributed by atoms with Gasteiger partial charge in [-0.05, 0) is 30.7 Å². The highest BCUT2D eigenvalue weighted by Gasteiger charge is 2.09. The van der Waals surface area contributed by atoms with Crippen LogP contribution in [0.15, 0.2) is 48.5 Å². The van der Waals surface area contributed by atoms with E-state index in [1.165, 1.54) is 0 Å². The zero-order valence-corrected chi connectivity index (χ0v) is 13.1. The molecule has 0 fully saturated rings. The SMILES string of the molecule is CC(NC(=O)CNc1ccc(Cl)c(Cl)c1)c1ccccc1. The second-order valence-corrected chi connectivity index (χ2v) is 5.50. The Morgan fingerprint density at radius 1 is 1.10 bits per heavy atom. The summed E-state index contributed by atoms with van der Waals surface area (Å²) in [4.78, 5) is 11.9. The van der Waals surface area contributed by atoms with Crippen molar-refractivity contribution < 1.29 is 4.79 Å². The first-order valence-corrected chi connectivity index (χ1v) is 7.35. The standard InChI is InChI=1S/C16H16Cl2N2O/c1-11(12-5-3-2-4-6-12)20-16(21)10-19-13-7-8-14(17)15(18)9-13/h2-9,11,19H,10H2,1H3,(H,20,21). The van der Waals surface area contributed by atoms with Gasteiger partial charge in [0, 0.05) is 5.69 Å². The maximum Gasteiger partial charge on any atom is 0.239 e. The van der Waals surface area contributed by atoms with Crippen molar-refractivity contribution in [1.82, 2.24) is 5.32 Å². The molecular formula is C16H16Cl2N2O. The van der Waals surface area contributed by atoms with Crippen LogP contribution in [0, 0.1) is 0 Å². The van der Waals surface area contributed by atoms with Gasteiger partial charge in [-0.25, -0.2) is 0 Å². The van der Waals surface area contributed by atoms with E-state index in [4.69, 9.17) is 23.2 Å². The van der Waals surface area contributed by atoms with Crippen LogP contribution in [0.5, 0.6) is 0 Å². The third kappa shape index (κ3) is 4.66. The third-order valence-electron chi connectivity index (χ3n) is 3.05. The summed E-state index contributed by atoms with van der Waals surface area (Å²) in [5.74, 6) is -0.0857. The molecule has 0 aromatic heterocycles. The maximum atomic E-state index is 11.9. The molecule has 0 bridgehead atoms. The number of anilines is 1. The number of benzene rings is 2. The van der Waals surface area contributed by atoms with Crippen molar-refractivity contribution in [3.63, 3.8) is 0 Å². The lowest BCUT2D eigenvalue weighted by atomic mass is 10.1. The lowest BCUT2D eigenvalue weighted by molar-refractivity contribution is -0.120. The minimum absolute atomic E-state index is 0.0331. The summed E-state index contributed by atoms with van der Waals surface area (Å²) in [5.41, 5.74) is 1.83. The van der Waals surface area contributed by atoms with Crippen molar-refractivity contribution in [3.05, 3.63) is 64.1 Å². The minimum atomic E-state index is -0.0857. The Morgan fingerprint density at radius 3 is 2.48 bits per heavy atom. The van der Waals surface area contributed by atoms with Gasteiger partial charge in [0.25, 0.3) is 0 Å². The largest absolute Gasteiger partial charge is 0.376 e. The van der Waals surface area contributed by atoms with Gasteiger partial charge in [0.1, 0.15) is 0 Å². The fraction of sp³-hybridized carbons (Fsp3) is 0.188. The molecule has 1 amide bonds. The number of carbonyl (C=O) groups excluding carboxylic acids is 1. The molecule has 2 aromatic rings. The van der Waals surface area contributed by atoms with Crippen molar-refractivity contribution in [2.45, 2.75) is 13.0 Å². The third-order valence-corrected chi connectivity index (χ3v) is 3.79. The minimum Gasteiger partial charge on any atom is -0.376 e. The predicted molar refractivity (Wildman–Crippen MR) is 88.0 cm³/mol. The smallest absolute Gasteiger partial charge is 0.239 e. The van der Waals surface area contributed by atoms with Crippen LogP contribution in [0.2, 0.25) is 10.0 Å². The zero-order chi connectivity index (χ0) is 15.2. The Labute approximate surface area is 134 Å². The van der Waals surface area contributed by atoms with Crippen molar-refractivity contribution >= 4 is 34.8 Å².